The summed E-state index contributed by atoms with van der Waals surface area (Å²) in [6.07, 6.45) is 0. The van der Waals surface area contributed by atoms with Crippen molar-refractivity contribution in [3.05, 3.63) is 206 Å². The predicted molar refractivity (Wildman–Crippen MR) is 231 cm³/mol. The third kappa shape index (κ3) is 5.13. The van der Waals surface area contributed by atoms with Gasteiger partial charge in [0.15, 0.2) is 5.58 Å². The van der Waals surface area contributed by atoms with Crippen LogP contribution in [-0.4, -0.2) is 4.57 Å². The lowest BCUT2D eigenvalue weighted by molar-refractivity contribution is 0.669. The summed E-state index contributed by atoms with van der Waals surface area (Å²) in [5, 5.41) is 7.12. The summed E-state index contributed by atoms with van der Waals surface area (Å²) >= 11 is 0. The van der Waals surface area contributed by atoms with Crippen LogP contribution in [-0.2, 0) is 0 Å². The number of furan rings is 1. The molecule has 2 heterocycles. The number of anilines is 3. The number of nitrogens with zero attached hydrogens (tertiary/aromatic N) is 2. The topological polar surface area (TPSA) is 21.3 Å². The average Bonchev–Trinajstić information content (AvgIpc) is 3.82. The average molecular weight is 703 g/mol. The highest BCUT2D eigenvalue weighted by Crippen LogP contribution is 2.46. The van der Waals surface area contributed by atoms with Crippen LogP contribution in [0.4, 0.5) is 17.1 Å². The van der Waals surface area contributed by atoms with Crippen molar-refractivity contribution in [1.29, 1.82) is 0 Å². The van der Waals surface area contributed by atoms with Crippen molar-refractivity contribution in [1.82, 2.24) is 4.57 Å². The van der Waals surface area contributed by atoms with Crippen molar-refractivity contribution in [2.45, 2.75) is 0 Å². The third-order valence-electron chi connectivity index (χ3n) is 11.0. The largest absolute Gasteiger partial charge is 0.454 e. The molecule has 55 heavy (non-hydrogen) atoms. The van der Waals surface area contributed by atoms with Crippen LogP contribution in [0.3, 0.4) is 0 Å². The quantitative estimate of drug-likeness (QED) is 0.172. The Morgan fingerprint density at radius 1 is 0.382 bits per heavy atom. The van der Waals surface area contributed by atoms with Gasteiger partial charge in [0, 0.05) is 38.6 Å². The van der Waals surface area contributed by atoms with Gasteiger partial charge in [-0.25, -0.2) is 0 Å². The molecule has 0 unspecified atom stereocenters. The molecule has 0 aliphatic rings. The summed E-state index contributed by atoms with van der Waals surface area (Å²) in [4.78, 5) is 2.35. The van der Waals surface area contributed by atoms with Crippen molar-refractivity contribution in [2.24, 2.45) is 0 Å². The van der Waals surface area contributed by atoms with Crippen molar-refractivity contribution < 1.29 is 4.42 Å². The zero-order valence-corrected chi connectivity index (χ0v) is 29.9. The van der Waals surface area contributed by atoms with E-state index in [1.165, 1.54) is 43.7 Å². The molecule has 3 nitrogen and oxygen atoms in total. The Bertz CT molecular complexity index is 3140. The Morgan fingerprint density at radius 3 is 1.69 bits per heavy atom. The minimum absolute atomic E-state index is 0.868. The molecule has 9 aromatic carbocycles. The smallest absolute Gasteiger partial charge is 0.160 e. The maximum atomic E-state index is 6.79. The van der Waals surface area contributed by atoms with Crippen LogP contribution in [0.5, 0.6) is 0 Å². The van der Waals surface area contributed by atoms with E-state index >= 15 is 0 Å². The standard InChI is InChI=1S/C52H34N2O/c1-2-13-35(14-3-1)36-25-29-40(30-26-36)53(49-34-39-15-4-5-18-43(39)51-46-21-8-11-24-50(46)55-52(49)51)42-17-12-16-38(33-42)37-27-31-41(32-28-37)54-47-22-9-6-19-44(47)45-20-7-10-23-48(45)54/h1-34H. The molecule has 3 heteroatoms. The monoisotopic (exact) mass is 702 g/mol. The molecule has 0 spiro atoms. The summed E-state index contributed by atoms with van der Waals surface area (Å²) in [5.41, 5.74) is 13.1. The first kappa shape index (κ1) is 31.2. The molecular weight excluding hydrogens is 669 g/mol. The van der Waals surface area contributed by atoms with Crippen LogP contribution in [0.25, 0.3) is 82.5 Å². The summed E-state index contributed by atoms with van der Waals surface area (Å²) in [6, 6.07) is 73.8. The molecule has 0 fully saturated rings. The first-order valence-corrected chi connectivity index (χ1v) is 18.8. The van der Waals surface area contributed by atoms with Crippen molar-refractivity contribution >= 4 is 71.6 Å². The van der Waals surface area contributed by atoms with E-state index in [0.717, 1.165) is 55.8 Å². The molecule has 0 saturated heterocycles. The molecule has 0 saturated carbocycles. The molecule has 0 amide bonds. The fourth-order valence-corrected chi connectivity index (χ4v) is 8.41. The molecule has 11 rings (SSSR count). The maximum Gasteiger partial charge on any atom is 0.160 e. The Morgan fingerprint density at radius 2 is 0.945 bits per heavy atom. The second-order valence-corrected chi connectivity index (χ2v) is 14.1. The second kappa shape index (κ2) is 12.6. The maximum absolute atomic E-state index is 6.79. The fraction of sp³-hybridized carbons (Fsp3) is 0. The molecule has 11 aromatic rings. The molecular formula is C52H34N2O. The van der Waals surface area contributed by atoms with Crippen LogP contribution in [0.15, 0.2) is 211 Å². The lowest BCUT2D eigenvalue weighted by Crippen LogP contribution is -2.10. The van der Waals surface area contributed by atoms with Gasteiger partial charge in [-0.2, -0.15) is 0 Å². The molecule has 0 bridgehead atoms. The molecule has 0 aliphatic carbocycles. The molecule has 2 aromatic heterocycles. The number of fused-ring (bicyclic) bond motifs is 8. The first-order chi connectivity index (χ1) is 27.3. The number of hydrogen-bond acceptors (Lipinski definition) is 2. The zero-order chi connectivity index (χ0) is 36.3. The highest BCUT2D eigenvalue weighted by Gasteiger charge is 2.22. The van der Waals surface area contributed by atoms with Crippen LogP contribution in [0, 0.1) is 0 Å². The molecule has 258 valence electrons. The van der Waals surface area contributed by atoms with Gasteiger partial charge in [-0.05, 0) is 93.7 Å². The van der Waals surface area contributed by atoms with Crippen LogP contribution >= 0.6 is 0 Å². The minimum Gasteiger partial charge on any atom is -0.454 e. The second-order valence-electron chi connectivity index (χ2n) is 14.1. The lowest BCUT2D eigenvalue weighted by Gasteiger charge is -2.27. The zero-order valence-electron chi connectivity index (χ0n) is 29.9. The number of hydrogen-bond donors (Lipinski definition) is 0. The summed E-state index contributed by atoms with van der Waals surface area (Å²) < 4.78 is 9.15. The van der Waals surface area contributed by atoms with Gasteiger partial charge in [-0.3, -0.25) is 0 Å². The van der Waals surface area contributed by atoms with Crippen LogP contribution in [0.2, 0.25) is 0 Å². The van der Waals surface area contributed by atoms with E-state index in [-0.39, 0.29) is 0 Å². The van der Waals surface area contributed by atoms with E-state index < -0.39 is 0 Å². The number of para-hydroxylation sites is 3. The first-order valence-electron chi connectivity index (χ1n) is 18.8. The van der Waals surface area contributed by atoms with Gasteiger partial charge >= 0.3 is 0 Å². The van der Waals surface area contributed by atoms with Crippen molar-refractivity contribution in [2.75, 3.05) is 4.90 Å². The van der Waals surface area contributed by atoms with Gasteiger partial charge in [0.05, 0.1) is 16.7 Å². The minimum atomic E-state index is 0.868. The Hall–Kier alpha value is -7.36. The summed E-state index contributed by atoms with van der Waals surface area (Å²) in [6.45, 7) is 0. The lowest BCUT2D eigenvalue weighted by atomic mass is 10.00. The van der Waals surface area contributed by atoms with E-state index in [1.807, 2.05) is 6.07 Å². The number of rotatable bonds is 6. The SMILES string of the molecule is c1ccc(-c2ccc(N(c3cccc(-c4ccc(-n5c6ccccc6c6ccccc65)cc4)c3)c3cc4ccccc4c4c3oc3ccccc34)cc2)cc1. The van der Waals surface area contributed by atoms with Gasteiger partial charge < -0.3 is 13.9 Å². The predicted octanol–water partition coefficient (Wildman–Crippen LogP) is 14.6. The van der Waals surface area contributed by atoms with Crippen molar-refractivity contribution in [3.63, 3.8) is 0 Å². The Balaban J connectivity index is 1.07. The molecule has 0 aliphatic heterocycles. The van der Waals surface area contributed by atoms with Gasteiger partial charge in [0.25, 0.3) is 0 Å². The van der Waals surface area contributed by atoms with E-state index in [1.54, 1.807) is 0 Å². The van der Waals surface area contributed by atoms with Gasteiger partial charge in [0.1, 0.15) is 5.58 Å². The third-order valence-corrected chi connectivity index (χ3v) is 11.0. The molecule has 0 N–H and O–H groups in total. The number of benzene rings is 9. The van der Waals surface area contributed by atoms with Crippen molar-refractivity contribution in [3.8, 4) is 27.9 Å². The van der Waals surface area contributed by atoms with E-state index in [2.05, 4.69) is 210 Å². The fourth-order valence-electron chi connectivity index (χ4n) is 8.41. The highest BCUT2D eigenvalue weighted by molar-refractivity contribution is 6.23. The number of aromatic nitrogens is 1. The molecule has 0 atom stereocenters. The Labute approximate surface area is 318 Å². The van der Waals surface area contributed by atoms with E-state index in [4.69, 9.17) is 4.42 Å². The van der Waals surface area contributed by atoms with E-state index in [9.17, 15) is 0 Å². The summed E-state index contributed by atoms with van der Waals surface area (Å²) in [7, 11) is 0. The molecule has 0 radical (unpaired) electrons. The Kier molecular flexibility index (Phi) is 7.17. The normalized spacial score (nSPS) is 11.6. The van der Waals surface area contributed by atoms with Gasteiger partial charge in [-0.15, -0.1) is 0 Å². The van der Waals surface area contributed by atoms with Gasteiger partial charge in [-0.1, -0.05) is 146 Å². The highest BCUT2D eigenvalue weighted by atomic mass is 16.3. The van der Waals surface area contributed by atoms with Crippen LogP contribution < -0.4 is 4.90 Å². The van der Waals surface area contributed by atoms with E-state index in [0.29, 0.717) is 0 Å². The van der Waals surface area contributed by atoms with Gasteiger partial charge in [0.2, 0.25) is 0 Å². The van der Waals surface area contributed by atoms with Crippen LogP contribution in [0.1, 0.15) is 0 Å². The summed E-state index contributed by atoms with van der Waals surface area (Å²) in [5.74, 6) is 0.